The van der Waals surface area contributed by atoms with Gasteiger partial charge in [-0.05, 0) is 57.9 Å². The first-order valence-electron chi connectivity index (χ1n) is 5.94. The van der Waals surface area contributed by atoms with E-state index in [1.807, 2.05) is 0 Å². The highest BCUT2D eigenvalue weighted by Gasteiger charge is 2.09. The van der Waals surface area contributed by atoms with E-state index in [0.29, 0.717) is 0 Å². The molecule has 0 aliphatic rings. The maximum atomic E-state index is 5.66. The Bertz CT molecular complexity index is 359. The van der Waals surface area contributed by atoms with Crippen LogP contribution in [0.5, 0.6) is 0 Å². The molecule has 0 spiro atoms. The summed E-state index contributed by atoms with van der Waals surface area (Å²) in [6.45, 7) is 12.0. The first-order chi connectivity index (χ1) is 7.79. The number of halogens is 1. The van der Waals surface area contributed by atoms with Gasteiger partial charge in [0.15, 0.2) is 0 Å². The van der Waals surface area contributed by atoms with Crippen LogP contribution in [0.2, 0.25) is 0 Å². The molecule has 0 aliphatic carbocycles. The first kappa shape index (κ1) is 14.5. The van der Waals surface area contributed by atoms with Gasteiger partial charge in [-0.15, -0.1) is 0 Å². The van der Waals surface area contributed by atoms with Gasteiger partial charge in [0.2, 0.25) is 0 Å². The van der Waals surface area contributed by atoms with E-state index in [2.05, 4.69) is 68.0 Å². The molecule has 0 aromatic heterocycles. The fourth-order valence-corrected chi connectivity index (χ4v) is 1.83. The Morgan fingerprint density at radius 3 is 2.18 bits per heavy atom. The van der Waals surface area contributed by atoms with Crippen LogP contribution in [0.4, 0.5) is 5.69 Å². The van der Waals surface area contributed by atoms with Crippen LogP contribution in [0.1, 0.15) is 31.9 Å². The minimum Gasteiger partial charge on any atom is -0.383 e. The maximum Gasteiger partial charge on any atom is 0.0646 e. The lowest BCUT2D eigenvalue weighted by Crippen LogP contribution is -2.23. The summed E-state index contributed by atoms with van der Waals surface area (Å²) in [6, 6.07) is 4.29. The summed E-state index contributed by atoms with van der Waals surface area (Å²) in [5.41, 5.74) is 3.60. The molecule has 0 bridgehead atoms. The average molecular weight is 300 g/mol. The van der Waals surface area contributed by atoms with Crippen molar-refractivity contribution < 1.29 is 4.74 Å². The van der Waals surface area contributed by atoms with E-state index in [1.165, 1.54) is 15.6 Å². The fourth-order valence-electron chi connectivity index (χ4n) is 1.60. The van der Waals surface area contributed by atoms with Crippen molar-refractivity contribution in [1.82, 2.24) is 0 Å². The van der Waals surface area contributed by atoms with Gasteiger partial charge in [-0.2, -0.15) is 0 Å². The van der Waals surface area contributed by atoms with Crippen LogP contribution in [-0.4, -0.2) is 18.8 Å². The highest BCUT2D eigenvalue weighted by molar-refractivity contribution is 9.10. The predicted octanol–water partition coefficient (Wildman–Crippen LogP) is 4.29. The van der Waals surface area contributed by atoms with Crippen LogP contribution in [0.15, 0.2) is 16.6 Å². The van der Waals surface area contributed by atoms with Gasteiger partial charge in [0.1, 0.15) is 0 Å². The summed E-state index contributed by atoms with van der Waals surface area (Å²) >= 11 is 3.57. The second kappa shape index (κ2) is 5.87. The first-order valence-corrected chi connectivity index (χ1v) is 6.73. The second-order valence-electron chi connectivity index (χ2n) is 5.31. The predicted molar refractivity (Wildman–Crippen MR) is 77.8 cm³/mol. The molecule has 0 fully saturated rings. The van der Waals surface area contributed by atoms with Crippen LogP contribution in [0.25, 0.3) is 0 Å². The normalized spacial score (nSPS) is 11.6. The van der Waals surface area contributed by atoms with Gasteiger partial charge < -0.3 is 10.1 Å². The van der Waals surface area contributed by atoms with Crippen LogP contribution in [0.3, 0.4) is 0 Å². The van der Waals surface area contributed by atoms with E-state index in [1.54, 1.807) is 0 Å². The molecular weight excluding hydrogens is 278 g/mol. The summed E-state index contributed by atoms with van der Waals surface area (Å²) in [7, 11) is 0. The van der Waals surface area contributed by atoms with Gasteiger partial charge in [0, 0.05) is 16.7 Å². The molecule has 0 unspecified atom stereocenters. The summed E-state index contributed by atoms with van der Waals surface area (Å²) in [6.07, 6.45) is 0. The average Bonchev–Trinajstić information content (AvgIpc) is 2.19. The van der Waals surface area contributed by atoms with Crippen LogP contribution < -0.4 is 5.32 Å². The largest absolute Gasteiger partial charge is 0.383 e. The molecule has 0 saturated heterocycles. The number of aryl methyl sites for hydroxylation is 2. The zero-order chi connectivity index (χ0) is 13.1. The summed E-state index contributed by atoms with van der Waals surface area (Å²) in [5.74, 6) is 0. The zero-order valence-corrected chi connectivity index (χ0v) is 12.9. The van der Waals surface area contributed by atoms with Crippen LogP contribution in [-0.2, 0) is 4.74 Å². The second-order valence-corrected chi connectivity index (χ2v) is 6.10. The molecule has 1 aromatic rings. The Labute approximate surface area is 113 Å². The van der Waals surface area contributed by atoms with Gasteiger partial charge >= 0.3 is 0 Å². The molecule has 17 heavy (non-hydrogen) atoms. The van der Waals surface area contributed by atoms with Gasteiger partial charge in [0.25, 0.3) is 0 Å². The molecule has 2 nitrogen and oxygen atoms in total. The van der Waals surface area contributed by atoms with Crippen molar-refractivity contribution in [3.63, 3.8) is 0 Å². The monoisotopic (exact) mass is 299 g/mol. The third-order valence-electron chi connectivity index (χ3n) is 2.40. The molecule has 1 aromatic carbocycles. The molecule has 3 heteroatoms. The van der Waals surface area contributed by atoms with Crippen molar-refractivity contribution in [3.8, 4) is 0 Å². The van der Waals surface area contributed by atoms with E-state index in [-0.39, 0.29) is 5.60 Å². The number of benzene rings is 1. The van der Waals surface area contributed by atoms with Crippen LogP contribution in [0, 0.1) is 13.8 Å². The van der Waals surface area contributed by atoms with Crippen molar-refractivity contribution in [2.75, 3.05) is 18.5 Å². The van der Waals surface area contributed by atoms with Gasteiger partial charge in [0.05, 0.1) is 12.2 Å². The molecule has 0 aliphatic heterocycles. The van der Waals surface area contributed by atoms with Crippen molar-refractivity contribution >= 4 is 21.6 Å². The molecule has 1 rings (SSSR count). The summed E-state index contributed by atoms with van der Waals surface area (Å²) in [5, 5.41) is 3.38. The Hall–Kier alpha value is -0.540. The Kier molecular flexibility index (Phi) is 5.02. The van der Waals surface area contributed by atoms with Gasteiger partial charge in [-0.1, -0.05) is 15.9 Å². The van der Waals surface area contributed by atoms with E-state index in [0.717, 1.165) is 18.8 Å². The number of hydrogen-bond donors (Lipinski definition) is 1. The third-order valence-corrected chi connectivity index (χ3v) is 3.65. The van der Waals surface area contributed by atoms with E-state index in [9.17, 15) is 0 Å². The van der Waals surface area contributed by atoms with Crippen molar-refractivity contribution in [2.45, 2.75) is 40.2 Å². The molecule has 0 atom stereocenters. The highest BCUT2D eigenvalue weighted by Crippen LogP contribution is 2.24. The molecule has 96 valence electrons. The standard InChI is InChI=1S/C14H22BrNO/c1-10-8-12(9-11(2)13(10)15)16-6-7-17-14(3,4)5/h8-9,16H,6-7H2,1-5H3. The topological polar surface area (TPSA) is 21.3 Å². The molecular formula is C14H22BrNO. The number of anilines is 1. The number of hydrogen-bond acceptors (Lipinski definition) is 2. The van der Waals surface area contributed by atoms with E-state index in [4.69, 9.17) is 4.74 Å². The Morgan fingerprint density at radius 1 is 1.18 bits per heavy atom. The summed E-state index contributed by atoms with van der Waals surface area (Å²) in [4.78, 5) is 0. The maximum absolute atomic E-state index is 5.66. The third kappa shape index (κ3) is 5.09. The Morgan fingerprint density at radius 2 is 1.71 bits per heavy atom. The fraction of sp³-hybridized carbons (Fsp3) is 0.571. The number of ether oxygens (including phenoxy) is 1. The zero-order valence-electron chi connectivity index (χ0n) is 11.4. The van der Waals surface area contributed by atoms with E-state index < -0.39 is 0 Å². The molecule has 0 saturated carbocycles. The smallest absolute Gasteiger partial charge is 0.0646 e. The molecule has 0 radical (unpaired) electrons. The molecule has 1 N–H and O–H groups in total. The van der Waals surface area contributed by atoms with Gasteiger partial charge in [-0.3, -0.25) is 0 Å². The molecule has 0 amide bonds. The quantitative estimate of drug-likeness (QED) is 0.837. The van der Waals surface area contributed by atoms with Crippen molar-refractivity contribution in [3.05, 3.63) is 27.7 Å². The lowest BCUT2D eigenvalue weighted by molar-refractivity contribution is 0.00333. The summed E-state index contributed by atoms with van der Waals surface area (Å²) < 4.78 is 6.85. The Balaban J connectivity index is 2.48. The minimum absolute atomic E-state index is 0.0623. The van der Waals surface area contributed by atoms with Gasteiger partial charge in [-0.25, -0.2) is 0 Å². The SMILES string of the molecule is Cc1cc(NCCOC(C)(C)C)cc(C)c1Br. The lowest BCUT2D eigenvalue weighted by atomic mass is 10.1. The highest BCUT2D eigenvalue weighted by atomic mass is 79.9. The number of nitrogens with one attached hydrogen (secondary N) is 1. The lowest BCUT2D eigenvalue weighted by Gasteiger charge is -2.20. The van der Waals surface area contributed by atoms with Crippen molar-refractivity contribution in [2.24, 2.45) is 0 Å². The molecule has 0 heterocycles. The number of rotatable bonds is 4. The van der Waals surface area contributed by atoms with E-state index >= 15 is 0 Å². The van der Waals surface area contributed by atoms with Crippen LogP contribution >= 0.6 is 15.9 Å². The minimum atomic E-state index is -0.0623. The van der Waals surface area contributed by atoms with Crippen molar-refractivity contribution in [1.29, 1.82) is 0 Å².